The fourth-order valence-corrected chi connectivity index (χ4v) is 2.61. The molecule has 0 aromatic heterocycles. The number of thiocarbonyl (C=S) groups is 1. The SMILES string of the molecule is CN(C)CCCC(CNC(=S)Nc1ccccc1)C(C)(C)C. The van der Waals surface area contributed by atoms with E-state index in [0.29, 0.717) is 11.0 Å². The van der Waals surface area contributed by atoms with Gasteiger partial charge in [-0.25, -0.2) is 0 Å². The minimum Gasteiger partial charge on any atom is -0.362 e. The number of rotatable bonds is 7. The summed E-state index contributed by atoms with van der Waals surface area (Å²) in [5.74, 6) is 0.600. The molecule has 0 saturated carbocycles. The highest BCUT2D eigenvalue weighted by Gasteiger charge is 2.24. The van der Waals surface area contributed by atoms with Crippen molar-refractivity contribution in [1.29, 1.82) is 0 Å². The van der Waals surface area contributed by atoms with Gasteiger partial charge in [0.1, 0.15) is 0 Å². The van der Waals surface area contributed by atoms with E-state index in [1.807, 2.05) is 30.3 Å². The van der Waals surface area contributed by atoms with Gasteiger partial charge in [0, 0.05) is 12.2 Å². The summed E-state index contributed by atoms with van der Waals surface area (Å²) in [6.07, 6.45) is 2.43. The van der Waals surface area contributed by atoms with Crippen LogP contribution in [0.2, 0.25) is 0 Å². The van der Waals surface area contributed by atoms with E-state index in [2.05, 4.69) is 50.4 Å². The van der Waals surface area contributed by atoms with Gasteiger partial charge in [0.25, 0.3) is 0 Å². The van der Waals surface area contributed by atoms with Crippen LogP contribution in [0.5, 0.6) is 0 Å². The normalized spacial score (nSPS) is 13.0. The average molecular weight is 322 g/mol. The molecule has 1 aromatic carbocycles. The number of hydrogen-bond acceptors (Lipinski definition) is 2. The van der Waals surface area contributed by atoms with Crippen LogP contribution in [0.3, 0.4) is 0 Å². The lowest BCUT2D eigenvalue weighted by Crippen LogP contribution is -2.37. The second-order valence-electron chi connectivity index (χ2n) is 7.21. The molecular formula is C18H31N3S. The highest BCUT2D eigenvalue weighted by molar-refractivity contribution is 7.80. The number of hydrogen-bond donors (Lipinski definition) is 2. The second kappa shape index (κ2) is 9.11. The molecule has 1 atom stereocenters. The summed E-state index contributed by atoms with van der Waals surface area (Å²) in [7, 11) is 4.26. The number of benzene rings is 1. The molecule has 124 valence electrons. The minimum absolute atomic E-state index is 0.279. The molecular weight excluding hydrogens is 290 g/mol. The van der Waals surface area contributed by atoms with Gasteiger partial charge in [0.15, 0.2) is 5.11 Å². The second-order valence-corrected chi connectivity index (χ2v) is 7.62. The lowest BCUT2D eigenvalue weighted by molar-refractivity contribution is 0.215. The Hall–Kier alpha value is -1.13. The molecule has 3 nitrogen and oxygen atoms in total. The Kier molecular flexibility index (Phi) is 7.83. The standard InChI is InChI=1S/C18H31N3S/c1-18(2,3)15(10-9-13-21(4)5)14-19-17(22)20-16-11-7-6-8-12-16/h6-8,11-12,15H,9-10,13-14H2,1-5H3,(H2,19,20,22). The van der Waals surface area contributed by atoms with Gasteiger partial charge in [-0.15, -0.1) is 0 Å². The first kappa shape index (κ1) is 18.9. The van der Waals surface area contributed by atoms with Crippen LogP contribution in [0, 0.1) is 11.3 Å². The van der Waals surface area contributed by atoms with Crippen molar-refractivity contribution < 1.29 is 0 Å². The maximum absolute atomic E-state index is 5.40. The summed E-state index contributed by atoms with van der Waals surface area (Å²) in [6, 6.07) is 10.1. The van der Waals surface area contributed by atoms with Gasteiger partial charge in [0.2, 0.25) is 0 Å². The predicted molar refractivity (Wildman–Crippen MR) is 101 cm³/mol. The van der Waals surface area contributed by atoms with E-state index in [1.54, 1.807) is 0 Å². The van der Waals surface area contributed by atoms with E-state index < -0.39 is 0 Å². The average Bonchev–Trinajstić information content (AvgIpc) is 2.42. The number of anilines is 1. The van der Waals surface area contributed by atoms with Gasteiger partial charge < -0.3 is 15.5 Å². The Morgan fingerprint density at radius 2 is 1.82 bits per heavy atom. The molecule has 0 bridgehead atoms. The minimum atomic E-state index is 0.279. The van der Waals surface area contributed by atoms with Crippen LogP contribution in [0.4, 0.5) is 5.69 Å². The van der Waals surface area contributed by atoms with Crippen molar-refractivity contribution in [2.24, 2.45) is 11.3 Å². The summed E-state index contributed by atoms with van der Waals surface area (Å²) in [5, 5.41) is 7.32. The Balaban J connectivity index is 2.43. The van der Waals surface area contributed by atoms with Crippen molar-refractivity contribution in [2.45, 2.75) is 33.6 Å². The van der Waals surface area contributed by atoms with Crippen molar-refractivity contribution in [3.63, 3.8) is 0 Å². The lowest BCUT2D eigenvalue weighted by atomic mass is 9.78. The summed E-state index contributed by atoms with van der Waals surface area (Å²) in [4.78, 5) is 2.24. The topological polar surface area (TPSA) is 27.3 Å². The van der Waals surface area contributed by atoms with Crippen LogP contribution >= 0.6 is 12.2 Å². The Bertz CT molecular complexity index is 437. The molecule has 1 rings (SSSR count). The molecule has 0 fully saturated rings. The predicted octanol–water partition coefficient (Wildman–Crippen LogP) is 3.98. The van der Waals surface area contributed by atoms with Gasteiger partial charge in [-0.05, 0) is 69.2 Å². The zero-order chi connectivity index (χ0) is 16.6. The monoisotopic (exact) mass is 321 g/mol. The van der Waals surface area contributed by atoms with Crippen molar-refractivity contribution in [2.75, 3.05) is 32.5 Å². The summed E-state index contributed by atoms with van der Waals surface area (Å²) in [6.45, 7) is 8.98. The van der Waals surface area contributed by atoms with E-state index in [-0.39, 0.29) is 5.41 Å². The molecule has 1 aromatic rings. The van der Waals surface area contributed by atoms with Gasteiger partial charge in [-0.1, -0.05) is 39.0 Å². The molecule has 0 amide bonds. The first-order valence-corrected chi connectivity index (χ1v) is 8.44. The largest absolute Gasteiger partial charge is 0.362 e. The van der Waals surface area contributed by atoms with Crippen molar-refractivity contribution in [3.05, 3.63) is 30.3 Å². The van der Waals surface area contributed by atoms with E-state index in [0.717, 1.165) is 18.8 Å². The molecule has 1 unspecified atom stereocenters. The fourth-order valence-electron chi connectivity index (χ4n) is 2.41. The third-order valence-corrected chi connectivity index (χ3v) is 4.17. The van der Waals surface area contributed by atoms with Gasteiger partial charge in [0.05, 0.1) is 0 Å². The molecule has 0 radical (unpaired) electrons. The fraction of sp³-hybridized carbons (Fsp3) is 0.611. The quantitative estimate of drug-likeness (QED) is 0.743. The Morgan fingerprint density at radius 1 is 1.18 bits per heavy atom. The summed E-state index contributed by atoms with van der Waals surface area (Å²) < 4.78 is 0. The smallest absolute Gasteiger partial charge is 0.170 e. The maximum atomic E-state index is 5.40. The zero-order valence-corrected chi connectivity index (χ0v) is 15.5. The van der Waals surface area contributed by atoms with Crippen molar-refractivity contribution >= 4 is 23.0 Å². The molecule has 0 aliphatic heterocycles. The highest BCUT2D eigenvalue weighted by atomic mass is 32.1. The molecule has 22 heavy (non-hydrogen) atoms. The molecule has 0 spiro atoms. The number of para-hydroxylation sites is 1. The number of nitrogens with one attached hydrogen (secondary N) is 2. The maximum Gasteiger partial charge on any atom is 0.170 e. The third-order valence-electron chi connectivity index (χ3n) is 3.92. The van der Waals surface area contributed by atoms with E-state index in [4.69, 9.17) is 12.2 Å². The lowest BCUT2D eigenvalue weighted by Gasteiger charge is -2.31. The molecule has 4 heteroatoms. The zero-order valence-electron chi connectivity index (χ0n) is 14.6. The molecule has 2 N–H and O–H groups in total. The van der Waals surface area contributed by atoms with Gasteiger partial charge in [-0.3, -0.25) is 0 Å². The summed E-state index contributed by atoms with van der Waals surface area (Å²) >= 11 is 5.40. The van der Waals surface area contributed by atoms with Crippen molar-refractivity contribution in [1.82, 2.24) is 10.2 Å². The van der Waals surface area contributed by atoms with Gasteiger partial charge in [-0.2, -0.15) is 0 Å². The molecule has 0 saturated heterocycles. The van der Waals surface area contributed by atoms with Crippen LogP contribution in [0.1, 0.15) is 33.6 Å². The van der Waals surface area contributed by atoms with Crippen LogP contribution in [-0.2, 0) is 0 Å². The van der Waals surface area contributed by atoms with Crippen LogP contribution in [0.15, 0.2) is 30.3 Å². The van der Waals surface area contributed by atoms with E-state index in [1.165, 1.54) is 12.8 Å². The van der Waals surface area contributed by atoms with Gasteiger partial charge >= 0.3 is 0 Å². The van der Waals surface area contributed by atoms with Crippen LogP contribution in [-0.4, -0.2) is 37.2 Å². The number of nitrogens with zero attached hydrogens (tertiary/aromatic N) is 1. The van der Waals surface area contributed by atoms with Crippen molar-refractivity contribution in [3.8, 4) is 0 Å². The molecule has 0 aliphatic rings. The van der Waals surface area contributed by atoms with Crippen LogP contribution in [0.25, 0.3) is 0 Å². The molecule has 0 heterocycles. The van der Waals surface area contributed by atoms with E-state index >= 15 is 0 Å². The first-order chi connectivity index (χ1) is 10.3. The molecule has 0 aliphatic carbocycles. The first-order valence-electron chi connectivity index (χ1n) is 8.03. The summed E-state index contributed by atoms with van der Waals surface area (Å²) in [5.41, 5.74) is 1.31. The van der Waals surface area contributed by atoms with E-state index in [9.17, 15) is 0 Å². The van der Waals surface area contributed by atoms with Crippen LogP contribution < -0.4 is 10.6 Å². The Morgan fingerprint density at radius 3 is 2.36 bits per heavy atom. The highest BCUT2D eigenvalue weighted by Crippen LogP contribution is 2.29. The third kappa shape index (κ3) is 7.76. The Labute approximate surface area is 141 Å².